The van der Waals surface area contributed by atoms with Crippen LogP contribution in [-0.4, -0.2) is 46.0 Å². The number of rotatable bonds is 3. The van der Waals surface area contributed by atoms with Crippen molar-refractivity contribution in [2.45, 2.75) is 12.8 Å². The highest BCUT2D eigenvalue weighted by molar-refractivity contribution is 7.87. The third kappa shape index (κ3) is 4.33. The molecule has 94 valence electrons. The van der Waals surface area contributed by atoms with Crippen LogP contribution in [0.25, 0.3) is 0 Å². The second kappa shape index (κ2) is 5.46. The van der Waals surface area contributed by atoms with Gasteiger partial charge in [-0.15, -0.1) is 0 Å². The van der Waals surface area contributed by atoms with E-state index in [2.05, 4.69) is 10.0 Å². The summed E-state index contributed by atoms with van der Waals surface area (Å²) >= 11 is 0. The maximum Gasteiger partial charge on any atom is 0.317 e. The van der Waals surface area contributed by atoms with Crippen molar-refractivity contribution in [3.63, 3.8) is 0 Å². The Morgan fingerprint density at radius 2 is 2.25 bits per heavy atom. The number of nitrogens with zero attached hydrogens (tertiary/aromatic N) is 1. The number of nitrogens with two attached hydrogens (primary N) is 1. The Bertz CT molecular complexity index is 343. The van der Waals surface area contributed by atoms with Crippen LogP contribution in [0.5, 0.6) is 0 Å². The summed E-state index contributed by atoms with van der Waals surface area (Å²) in [7, 11) is -2.06. The first-order valence-corrected chi connectivity index (χ1v) is 6.71. The first kappa shape index (κ1) is 13.2. The Labute approximate surface area is 95.5 Å². The Morgan fingerprint density at radius 3 is 2.81 bits per heavy atom. The van der Waals surface area contributed by atoms with Crippen LogP contribution >= 0.6 is 0 Å². The van der Waals surface area contributed by atoms with Crippen LogP contribution in [0.1, 0.15) is 12.8 Å². The average molecular weight is 250 g/mol. The summed E-state index contributed by atoms with van der Waals surface area (Å²) in [6, 6.07) is -0.125. The summed E-state index contributed by atoms with van der Waals surface area (Å²) in [5, 5.41) is 7.39. The van der Waals surface area contributed by atoms with Crippen LogP contribution in [0.15, 0.2) is 0 Å². The van der Waals surface area contributed by atoms with Gasteiger partial charge in [0, 0.05) is 26.7 Å². The molecule has 8 heteroatoms. The number of urea groups is 1. The summed E-state index contributed by atoms with van der Waals surface area (Å²) in [4.78, 5) is 13.0. The maximum atomic E-state index is 11.4. The van der Waals surface area contributed by atoms with Gasteiger partial charge in [-0.25, -0.2) is 14.7 Å². The normalized spacial score (nSPS) is 21.9. The van der Waals surface area contributed by atoms with Crippen molar-refractivity contribution in [1.82, 2.24) is 14.9 Å². The number of piperidine rings is 1. The van der Waals surface area contributed by atoms with Crippen LogP contribution in [0.2, 0.25) is 0 Å². The van der Waals surface area contributed by atoms with E-state index in [0.717, 1.165) is 12.8 Å². The molecule has 0 bridgehead atoms. The third-order valence-electron chi connectivity index (χ3n) is 2.59. The van der Waals surface area contributed by atoms with Gasteiger partial charge in [-0.3, -0.25) is 0 Å². The molecule has 1 aliphatic rings. The monoisotopic (exact) mass is 250 g/mol. The zero-order chi connectivity index (χ0) is 12.2. The van der Waals surface area contributed by atoms with Crippen molar-refractivity contribution in [3.8, 4) is 0 Å². The molecule has 7 nitrogen and oxygen atoms in total. The Morgan fingerprint density at radius 1 is 1.56 bits per heavy atom. The fourth-order valence-corrected chi connectivity index (χ4v) is 2.28. The molecule has 1 heterocycles. The number of carbonyl (C=O) groups excluding carboxylic acids is 1. The molecule has 0 saturated carbocycles. The van der Waals surface area contributed by atoms with Crippen LogP contribution < -0.4 is 15.2 Å². The zero-order valence-electron chi connectivity index (χ0n) is 9.27. The lowest BCUT2D eigenvalue weighted by Gasteiger charge is -2.32. The standard InChI is InChI=1S/C8H18N4O3S/c1-10-8(13)12-4-2-3-7(6-12)5-11-16(9,14)15/h7,11H,2-6H2,1H3,(H,10,13)(H2,9,14,15). The van der Waals surface area contributed by atoms with E-state index in [-0.39, 0.29) is 18.5 Å². The van der Waals surface area contributed by atoms with E-state index in [9.17, 15) is 13.2 Å². The number of hydrogen-bond acceptors (Lipinski definition) is 3. The smallest absolute Gasteiger partial charge is 0.317 e. The highest BCUT2D eigenvalue weighted by Crippen LogP contribution is 2.15. The second-order valence-electron chi connectivity index (χ2n) is 3.90. The molecule has 0 spiro atoms. The number of carbonyl (C=O) groups is 1. The molecule has 16 heavy (non-hydrogen) atoms. The Hall–Kier alpha value is -0.860. The summed E-state index contributed by atoms with van der Waals surface area (Å²) < 4.78 is 23.7. The fourth-order valence-electron chi connectivity index (χ4n) is 1.81. The van der Waals surface area contributed by atoms with Gasteiger partial charge in [0.25, 0.3) is 10.2 Å². The molecule has 1 atom stereocenters. The van der Waals surface area contributed by atoms with Gasteiger partial charge in [-0.1, -0.05) is 0 Å². The summed E-state index contributed by atoms with van der Waals surface area (Å²) in [6.07, 6.45) is 1.78. The number of nitrogens with one attached hydrogen (secondary N) is 2. The molecule has 0 aromatic heterocycles. The van der Waals surface area contributed by atoms with E-state index < -0.39 is 10.2 Å². The maximum absolute atomic E-state index is 11.4. The molecule has 1 aliphatic heterocycles. The molecule has 1 unspecified atom stereocenters. The van der Waals surface area contributed by atoms with Gasteiger partial charge in [0.15, 0.2) is 0 Å². The van der Waals surface area contributed by atoms with Gasteiger partial charge in [0.05, 0.1) is 0 Å². The predicted molar refractivity (Wildman–Crippen MR) is 59.9 cm³/mol. The van der Waals surface area contributed by atoms with E-state index in [1.807, 2.05) is 0 Å². The van der Waals surface area contributed by atoms with Crippen molar-refractivity contribution < 1.29 is 13.2 Å². The molecule has 0 aromatic rings. The minimum Gasteiger partial charge on any atom is -0.341 e. The van der Waals surface area contributed by atoms with Gasteiger partial charge < -0.3 is 10.2 Å². The summed E-state index contributed by atoms with van der Waals surface area (Å²) in [5.41, 5.74) is 0. The quantitative estimate of drug-likeness (QED) is 0.588. The topological polar surface area (TPSA) is 105 Å². The van der Waals surface area contributed by atoms with E-state index >= 15 is 0 Å². The van der Waals surface area contributed by atoms with E-state index in [1.54, 1.807) is 11.9 Å². The van der Waals surface area contributed by atoms with E-state index in [4.69, 9.17) is 5.14 Å². The van der Waals surface area contributed by atoms with Crippen LogP contribution in [0, 0.1) is 5.92 Å². The molecule has 0 aromatic carbocycles. The number of amides is 2. The summed E-state index contributed by atoms with van der Waals surface area (Å²) in [5.74, 6) is 0.129. The molecule has 1 rings (SSSR count). The lowest BCUT2D eigenvalue weighted by atomic mass is 9.99. The van der Waals surface area contributed by atoms with Crippen LogP contribution in [-0.2, 0) is 10.2 Å². The molecule has 0 radical (unpaired) electrons. The van der Waals surface area contributed by atoms with Crippen molar-refractivity contribution in [2.24, 2.45) is 11.1 Å². The molecule has 0 aliphatic carbocycles. The van der Waals surface area contributed by atoms with Crippen LogP contribution in [0.3, 0.4) is 0 Å². The van der Waals surface area contributed by atoms with Crippen molar-refractivity contribution in [3.05, 3.63) is 0 Å². The molecule has 4 N–H and O–H groups in total. The third-order valence-corrected chi connectivity index (χ3v) is 3.16. The van der Waals surface area contributed by atoms with Gasteiger partial charge >= 0.3 is 6.03 Å². The highest BCUT2D eigenvalue weighted by Gasteiger charge is 2.23. The summed E-state index contributed by atoms with van der Waals surface area (Å²) in [6.45, 7) is 1.56. The fraction of sp³-hybridized carbons (Fsp3) is 0.875. The van der Waals surface area contributed by atoms with Gasteiger partial charge in [0.1, 0.15) is 0 Å². The lowest BCUT2D eigenvalue weighted by Crippen LogP contribution is -2.47. The van der Waals surface area contributed by atoms with Crippen LogP contribution in [0.4, 0.5) is 4.79 Å². The average Bonchev–Trinajstić information content (AvgIpc) is 2.25. The minimum atomic E-state index is -3.64. The predicted octanol–water partition coefficient (Wildman–Crippen LogP) is -1.17. The largest absolute Gasteiger partial charge is 0.341 e. The number of likely N-dealkylation sites (tertiary alicyclic amines) is 1. The van der Waals surface area contributed by atoms with Crippen molar-refractivity contribution in [2.75, 3.05) is 26.7 Å². The van der Waals surface area contributed by atoms with E-state index in [0.29, 0.717) is 13.1 Å². The number of hydrogen-bond donors (Lipinski definition) is 3. The molecular weight excluding hydrogens is 232 g/mol. The first-order chi connectivity index (χ1) is 7.42. The highest BCUT2D eigenvalue weighted by atomic mass is 32.2. The molecule has 1 fully saturated rings. The molecular formula is C8H18N4O3S. The van der Waals surface area contributed by atoms with Crippen molar-refractivity contribution >= 4 is 16.2 Å². The lowest BCUT2D eigenvalue weighted by molar-refractivity contribution is 0.168. The van der Waals surface area contributed by atoms with Gasteiger partial charge in [-0.05, 0) is 18.8 Å². The first-order valence-electron chi connectivity index (χ1n) is 5.16. The van der Waals surface area contributed by atoms with Gasteiger partial charge in [-0.2, -0.15) is 8.42 Å². The second-order valence-corrected chi connectivity index (χ2v) is 5.28. The Kier molecular flexibility index (Phi) is 4.51. The SMILES string of the molecule is CNC(=O)N1CCCC(CNS(N)(=O)=O)C1. The Balaban J connectivity index is 2.42. The minimum absolute atomic E-state index is 0.125. The zero-order valence-corrected chi connectivity index (χ0v) is 10.1. The molecule has 1 saturated heterocycles. The van der Waals surface area contributed by atoms with Gasteiger partial charge in [0.2, 0.25) is 0 Å². The molecule has 2 amide bonds. The van der Waals surface area contributed by atoms with Crippen molar-refractivity contribution in [1.29, 1.82) is 0 Å². The van der Waals surface area contributed by atoms with E-state index in [1.165, 1.54) is 0 Å².